The summed E-state index contributed by atoms with van der Waals surface area (Å²) in [6, 6.07) is 19.4. The van der Waals surface area contributed by atoms with Crippen LogP contribution in [0, 0.1) is 0 Å². The SMILES string of the molecule is Clc1ccccc1Cc1cc2ncsc2cc1Oc1ccccc1Cl. The van der Waals surface area contributed by atoms with Crippen LogP contribution in [0.5, 0.6) is 11.5 Å². The van der Waals surface area contributed by atoms with Crippen molar-refractivity contribution in [1.82, 2.24) is 4.98 Å². The van der Waals surface area contributed by atoms with Crippen molar-refractivity contribution in [1.29, 1.82) is 0 Å². The first-order valence-corrected chi connectivity index (χ1v) is 9.36. The zero-order valence-electron chi connectivity index (χ0n) is 13.1. The van der Waals surface area contributed by atoms with E-state index in [1.165, 1.54) is 0 Å². The number of hydrogen-bond donors (Lipinski definition) is 0. The molecule has 124 valence electrons. The van der Waals surface area contributed by atoms with Gasteiger partial charge in [0.15, 0.2) is 0 Å². The summed E-state index contributed by atoms with van der Waals surface area (Å²) in [4.78, 5) is 4.41. The lowest BCUT2D eigenvalue weighted by Crippen LogP contribution is -1.95. The molecule has 0 radical (unpaired) electrons. The molecule has 0 aliphatic rings. The van der Waals surface area contributed by atoms with Crippen molar-refractivity contribution in [3.8, 4) is 11.5 Å². The number of rotatable bonds is 4. The normalized spacial score (nSPS) is 11.0. The van der Waals surface area contributed by atoms with E-state index < -0.39 is 0 Å². The molecule has 0 unspecified atom stereocenters. The number of halogens is 2. The molecule has 4 rings (SSSR count). The van der Waals surface area contributed by atoms with Crippen LogP contribution in [0.25, 0.3) is 10.2 Å². The fourth-order valence-electron chi connectivity index (χ4n) is 2.65. The Morgan fingerprint density at radius 1 is 0.840 bits per heavy atom. The second kappa shape index (κ2) is 7.04. The average molecular weight is 386 g/mol. The largest absolute Gasteiger partial charge is 0.455 e. The van der Waals surface area contributed by atoms with E-state index in [1.54, 1.807) is 11.3 Å². The fourth-order valence-corrected chi connectivity index (χ4v) is 3.72. The molecular formula is C20H13Cl2NOS. The summed E-state index contributed by atoms with van der Waals surface area (Å²) in [5.41, 5.74) is 4.86. The lowest BCUT2D eigenvalue weighted by atomic mass is 10.0. The minimum absolute atomic E-state index is 0.579. The fraction of sp³-hybridized carbons (Fsp3) is 0.0500. The zero-order valence-corrected chi connectivity index (χ0v) is 15.4. The van der Waals surface area contributed by atoms with E-state index in [9.17, 15) is 0 Å². The molecule has 1 heterocycles. The number of aromatic nitrogens is 1. The third-order valence-corrected chi connectivity index (χ3v) is 5.38. The van der Waals surface area contributed by atoms with Crippen LogP contribution in [0.4, 0.5) is 0 Å². The van der Waals surface area contributed by atoms with E-state index in [-0.39, 0.29) is 0 Å². The molecule has 2 nitrogen and oxygen atoms in total. The van der Waals surface area contributed by atoms with Crippen LogP contribution in [0.2, 0.25) is 10.0 Å². The van der Waals surface area contributed by atoms with Gasteiger partial charge in [0.1, 0.15) is 11.5 Å². The molecule has 0 atom stereocenters. The van der Waals surface area contributed by atoms with Gasteiger partial charge >= 0.3 is 0 Å². The highest BCUT2D eigenvalue weighted by Crippen LogP contribution is 2.36. The minimum Gasteiger partial charge on any atom is -0.455 e. The maximum atomic E-state index is 6.33. The summed E-state index contributed by atoms with van der Waals surface area (Å²) in [5.74, 6) is 1.40. The first-order valence-electron chi connectivity index (χ1n) is 7.72. The van der Waals surface area contributed by atoms with Gasteiger partial charge in [0.2, 0.25) is 0 Å². The third kappa shape index (κ3) is 3.49. The van der Waals surface area contributed by atoms with Gasteiger partial charge in [0, 0.05) is 23.1 Å². The first kappa shape index (κ1) is 16.4. The van der Waals surface area contributed by atoms with Gasteiger partial charge in [-0.3, -0.25) is 0 Å². The summed E-state index contributed by atoms with van der Waals surface area (Å²) in [6.07, 6.45) is 0.660. The van der Waals surface area contributed by atoms with Gasteiger partial charge in [-0.15, -0.1) is 11.3 Å². The molecular weight excluding hydrogens is 373 g/mol. The summed E-state index contributed by atoms with van der Waals surface area (Å²) in [7, 11) is 0. The third-order valence-electron chi connectivity index (χ3n) is 3.91. The number of benzene rings is 3. The molecule has 0 amide bonds. The van der Waals surface area contributed by atoms with Gasteiger partial charge in [0.25, 0.3) is 0 Å². The van der Waals surface area contributed by atoms with Gasteiger partial charge in [-0.1, -0.05) is 53.5 Å². The Hall–Kier alpha value is -2.07. The number of thiazole rings is 1. The maximum Gasteiger partial charge on any atom is 0.146 e. The number of nitrogens with zero attached hydrogens (tertiary/aromatic N) is 1. The molecule has 25 heavy (non-hydrogen) atoms. The Kier molecular flexibility index (Phi) is 4.62. The molecule has 0 spiro atoms. The highest BCUT2D eigenvalue weighted by Gasteiger charge is 2.13. The summed E-state index contributed by atoms with van der Waals surface area (Å²) >= 11 is 14.2. The zero-order chi connectivity index (χ0) is 17.2. The van der Waals surface area contributed by atoms with Crippen molar-refractivity contribution < 1.29 is 4.74 Å². The molecule has 0 aliphatic carbocycles. The molecule has 0 N–H and O–H groups in total. The van der Waals surface area contributed by atoms with Crippen molar-refractivity contribution >= 4 is 44.8 Å². The highest BCUT2D eigenvalue weighted by molar-refractivity contribution is 7.16. The van der Waals surface area contributed by atoms with Crippen LogP contribution in [0.3, 0.4) is 0 Å². The van der Waals surface area contributed by atoms with Gasteiger partial charge in [-0.05, 0) is 29.8 Å². The van der Waals surface area contributed by atoms with E-state index in [2.05, 4.69) is 11.1 Å². The Bertz CT molecular complexity index is 963. The van der Waals surface area contributed by atoms with Crippen LogP contribution in [0.1, 0.15) is 11.1 Å². The van der Waals surface area contributed by atoms with E-state index in [0.29, 0.717) is 17.2 Å². The molecule has 4 aromatic rings. The minimum atomic E-state index is 0.579. The Labute approximate surface area is 159 Å². The second-order valence-corrected chi connectivity index (χ2v) is 7.28. The Morgan fingerprint density at radius 2 is 1.60 bits per heavy atom. The first-order chi connectivity index (χ1) is 12.2. The molecule has 3 aromatic carbocycles. The van der Waals surface area contributed by atoms with E-state index in [4.69, 9.17) is 27.9 Å². The molecule has 0 bridgehead atoms. The lowest BCUT2D eigenvalue weighted by molar-refractivity contribution is 0.478. The molecule has 0 fully saturated rings. The summed E-state index contributed by atoms with van der Waals surface area (Å²) in [6.45, 7) is 0. The van der Waals surface area contributed by atoms with Crippen LogP contribution >= 0.6 is 34.5 Å². The van der Waals surface area contributed by atoms with Crippen molar-refractivity contribution in [2.75, 3.05) is 0 Å². The lowest BCUT2D eigenvalue weighted by Gasteiger charge is -2.13. The molecule has 0 aliphatic heterocycles. The Balaban J connectivity index is 1.78. The number of hydrogen-bond acceptors (Lipinski definition) is 3. The van der Waals surface area contributed by atoms with Gasteiger partial charge in [-0.2, -0.15) is 0 Å². The molecule has 5 heteroatoms. The predicted molar refractivity (Wildman–Crippen MR) is 105 cm³/mol. The number of para-hydroxylation sites is 1. The average Bonchev–Trinajstić information content (AvgIpc) is 3.06. The van der Waals surface area contributed by atoms with Crippen LogP contribution in [-0.4, -0.2) is 4.98 Å². The monoisotopic (exact) mass is 385 g/mol. The summed E-state index contributed by atoms with van der Waals surface area (Å²) < 4.78 is 7.21. The molecule has 0 saturated carbocycles. The molecule has 0 saturated heterocycles. The van der Waals surface area contributed by atoms with Crippen molar-refractivity contribution in [2.45, 2.75) is 6.42 Å². The smallest absolute Gasteiger partial charge is 0.146 e. The Morgan fingerprint density at radius 3 is 2.40 bits per heavy atom. The van der Waals surface area contributed by atoms with Crippen LogP contribution in [-0.2, 0) is 6.42 Å². The van der Waals surface area contributed by atoms with E-state index in [0.717, 1.165) is 32.1 Å². The molecule has 1 aromatic heterocycles. The van der Waals surface area contributed by atoms with Crippen molar-refractivity contribution in [2.24, 2.45) is 0 Å². The van der Waals surface area contributed by atoms with Gasteiger partial charge in [0.05, 0.1) is 20.7 Å². The predicted octanol–water partition coefficient (Wildman–Crippen LogP) is 6.99. The van der Waals surface area contributed by atoms with Gasteiger partial charge in [-0.25, -0.2) is 4.98 Å². The maximum absolute atomic E-state index is 6.33. The standard InChI is InChI=1S/C20H13Cl2NOS/c21-15-6-2-1-5-13(15)9-14-10-17-20(25-12-23-17)11-19(14)24-18-8-4-3-7-16(18)22/h1-8,10-12H,9H2. The second-order valence-electron chi connectivity index (χ2n) is 5.58. The van der Waals surface area contributed by atoms with Crippen molar-refractivity contribution in [3.05, 3.63) is 87.3 Å². The summed E-state index contributed by atoms with van der Waals surface area (Å²) in [5, 5.41) is 1.32. The van der Waals surface area contributed by atoms with Gasteiger partial charge < -0.3 is 4.74 Å². The van der Waals surface area contributed by atoms with E-state index >= 15 is 0 Å². The topological polar surface area (TPSA) is 22.1 Å². The number of ether oxygens (including phenoxy) is 1. The van der Waals surface area contributed by atoms with E-state index in [1.807, 2.05) is 60.1 Å². The van der Waals surface area contributed by atoms with Crippen LogP contribution in [0.15, 0.2) is 66.2 Å². The van der Waals surface area contributed by atoms with Crippen LogP contribution < -0.4 is 4.74 Å². The highest BCUT2D eigenvalue weighted by atomic mass is 35.5. The quantitative estimate of drug-likeness (QED) is 0.377. The van der Waals surface area contributed by atoms with Crippen molar-refractivity contribution in [3.63, 3.8) is 0 Å². The number of fused-ring (bicyclic) bond motifs is 1.